The molecule has 0 atom stereocenters. The van der Waals surface area contributed by atoms with Crippen LogP contribution in [0, 0.1) is 0 Å². The Kier molecular flexibility index (Phi) is 14.9. The van der Waals surface area contributed by atoms with Gasteiger partial charge in [0.25, 0.3) is 0 Å². The van der Waals surface area contributed by atoms with Crippen molar-refractivity contribution in [3.05, 3.63) is 0 Å². The number of ether oxygens (including phenoxy) is 1. The van der Waals surface area contributed by atoms with E-state index in [0.717, 1.165) is 0 Å². The van der Waals surface area contributed by atoms with Crippen LogP contribution in [-0.4, -0.2) is 10.7 Å². The van der Waals surface area contributed by atoms with E-state index in [9.17, 15) is 4.79 Å². The Morgan fingerprint density at radius 3 is 1.90 bits per heavy atom. The molecule has 0 saturated heterocycles. The fraction of sp³-hybridized carbons (Fsp3) is 0.833. The Labute approximate surface area is 75.4 Å². The van der Waals surface area contributed by atoms with Gasteiger partial charge in [0.1, 0.15) is 4.61 Å². The minimum absolute atomic E-state index is 0.326. The first-order valence-electron chi connectivity index (χ1n) is 3.17. The summed E-state index contributed by atoms with van der Waals surface area (Å²) in [7, 11) is 0. The highest BCUT2D eigenvalue weighted by Crippen LogP contribution is 1.80. The number of primary amides is 1. The third kappa shape index (κ3) is 24.5. The second kappa shape index (κ2) is 11.8. The number of hydrogen-bond acceptors (Lipinski definition) is 2. The van der Waals surface area contributed by atoms with E-state index in [1.807, 2.05) is 22.6 Å². The van der Waals surface area contributed by atoms with E-state index in [-0.39, 0.29) is 0 Å². The van der Waals surface area contributed by atoms with Crippen molar-refractivity contribution in [3.8, 4) is 0 Å². The van der Waals surface area contributed by atoms with Gasteiger partial charge in [0, 0.05) is 0 Å². The van der Waals surface area contributed by atoms with E-state index in [1.54, 1.807) is 0 Å². The lowest BCUT2D eigenvalue weighted by Gasteiger charge is -1.87. The van der Waals surface area contributed by atoms with Gasteiger partial charge >= 0.3 is 6.09 Å². The van der Waals surface area contributed by atoms with Crippen LogP contribution >= 0.6 is 22.6 Å². The average Bonchev–Trinajstić information content (AvgIpc) is 1.89. The summed E-state index contributed by atoms with van der Waals surface area (Å²) in [5.74, 6) is 0. The Bertz CT molecular complexity index is 76.1. The number of hydrogen-bond donors (Lipinski definition) is 1. The van der Waals surface area contributed by atoms with Crippen molar-refractivity contribution in [3.63, 3.8) is 0 Å². The highest BCUT2D eigenvalue weighted by atomic mass is 127. The highest BCUT2D eigenvalue weighted by Gasteiger charge is 1.83. The van der Waals surface area contributed by atoms with Gasteiger partial charge in [-0.15, -0.1) is 0 Å². The van der Waals surface area contributed by atoms with Crippen LogP contribution in [0.2, 0.25) is 0 Å². The summed E-state index contributed by atoms with van der Waals surface area (Å²) >= 11 is 1.88. The van der Waals surface area contributed by atoms with E-state index >= 15 is 0 Å². The van der Waals surface area contributed by atoms with Crippen molar-refractivity contribution in [1.29, 1.82) is 0 Å². The number of alkyl halides is 1. The number of rotatable bonds is 2. The first-order chi connectivity index (χ1) is 4.68. The number of carbonyl (C=O) groups is 1. The zero-order chi connectivity index (χ0) is 8.41. The summed E-state index contributed by atoms with van der Waals surface area (Å²) in [4.78, 5) is 9.59. The van der Waals surface area contributed by atoms with E-state index in [0.29, 0.717) is 4.61 Å². The molecule has 0 aromatic rings. The second-order valence-corrected chi connectivity index (χ2v) is 2.20. The fourth-order valence-corrected chi connectivity index (χ4v) is 0.361. The van der Waals surface area contributed by atoms with Gasteiger partial charge in [0.2, 0.25) is 0 Å². The second-order valence-electron chi connectivity index (χ2n) is 1.57. The molecule has 3 nitrogen and oxygen atoms in total. The molecule has 0 saturated carbocycles. The Morgan fingerprint density at radius 1 is 1.50 bits per heavy atom. The molecule has 0 aromatic carbocycles. The van der Waals surface area contributed by atoms with E-state index in [1.165, 1.54) is 12.8 Å². The maximum absolute atomic E-state index is 9.59. The lowest BCUT2D eigenvalue weighted by Crippen LogP contribution is -2.11. The third-order valence-electron chi connectivity index (χ3n) is 0.697. The zero-order valence-corrected chi connectivity index (χ0v) is 8.55. The maximum atomic E-state index is 9.59. The normalized spacial score (nSPS) is 7.50. The van der Waals surface area contributed by atoms with Crippen molar-refractivity contribution < 1.29 is 9.53 Å². The van der Waals surface area contributed by atoms with Crippen LogP contribution in [0.5, 0.6) is 0 Å². The maximum Gasteiger partial charge on any atom is 0.405 e. The van der Waals surface area contributed by atoms with E-state index in [4.69, 9.17) is 0 Å². The predicted octanol–water partition coefficient (Wildman–Crippen LogP) is 2.28. The van der Waals surface area contributed by atoms with Gasteiger partial charge in [0.05, 0.1) is 0 Å². The standard InChI is InChI=1S/C4H10.C2H4INO2/c1-3-4-2;3-1-6-2(4)5/h3-4H2,1-2H3;1H2,(H2,4,5). The summed E-state index contributed by atoms with van der Waals surface area (Å²) in [6.45, 7) is 4.36. The number of halogens is 1. The van der Waals surface area contributed by atoms with Gasteiger partial charge in [-0.3, -0.25) is 0 Å². The minimum atomic E-state index is -0.718. The van der Waals surface area contributed by atoms with Gasteiger partial charge in [-0.2, -0.15) is 0 Å². The topological polar surface area (TPSA) is 52.3 Å². The van der Waals surface area contributed by atoms with Crippen molar-refractivity contribution >= 4 is 28.7 Å². The molecule has 0 fully saturated rings. The van der Waals surface area contributed by atoms with Gasteiger partial charge in [-0.05, 0) is 22.6 Å². The Morgan fingerprint density at radius 2 is 1.90 bits per heavy atom. The number of unbranched alkanes of at least 4 members (excludes halogenated alkanes) is 1. The lowest BCUT2D eigenvalue weighted by molar-refractivity contribution is 0.179. The summed E-state index contributed by atoms with van der Waals surface area (Å²) in [6, 6.07) is 0. The first kappa shape index (κ1) is 12.7. The molecule has 10 heavy (non-hydrogen) atoms. The molecule has 0 aliphatic heterocycles. The lowest BCUT2D eigenvalue weighted by atomic mass is 10.4. The molecule has 0 unspecified atom stereocenters. The smallest absolute Gasteiger partial charge is 0.405 e. The monoisotopic (exact) mass is 259 g/mol. The fourth-order valence-electron chi connectivity index (χ4n) is 0.0538. The minimum Gasteiger partial charge on any atom is -0.439 e. The molecule has 2 N–H and O–H groups in total. The molecular weight excluding hydrogens is 245 g/mol. The van der Waals surface area contributed by atoms with Crippen LogP contribution in [0.3, 0.4) is 0 Å². The molecule has 1 amide bonds. The Balaban J connectivity index is 0. The Hall–Kier alpha value is 0. The predicted molar refractivity (Wildman–Crippen MR) is 50.1 cm³/mol. The van der Waals surface area contributed by atoms with Gasteiger partial charge in [-0.25, -0.2) is 4.79 Å². The molecule has 62 valence electrons. The molecule has 0 radical (unpaired) electrons. The summed E-state index contributed by atoms with van der Waals surface area (Å²) in [6.07, 6.45) is 1.92. The van der Waals surface area contributed by atoms with Gasteiger partial charge < -0.3 is 10.5 Å². The van der Waals surface area contributed by atoms with Crippen LogP contribution < -0.4 is 5.73 Å². The molecular formula is C6H14INO2. The SMILES string of the molecule is CCCC.NC(=O)OCI. The van der Waals surface area contributed by atoms with Crippen molar-refractivity contribution in [2.45, 2.75) is 26.7 Å². The number of nitrogens with two attached hydrogens (primary N) is 1. The quantitative estimate of drug-likeness (QED) is 0.611. The summed E-state index contributed by atoms with van der Waals surface area (Å²) in [5.41, 5.74) is 4.54. The molecule has 0 aliphatic rings. The van der Waals surface area contributed by atoms with E-state index in [2.05, 4.69) is 24.3 Å². The van der Waals surface area contributed by atoms with Crippen LogP contribution in [0.25, 0.3) is 0 Å². The number of amides is 1. The molecule has 0 spiro atoms. The molecule has 0 rings (SSSR count). The molecule has 4 heteroatoms. The van der Waals surface area contributed by atoms with Crippen molar-refractivity contribution in [2.24, 2.45) is 5.73 Å². The summed E-state index contributed by atoms with van der Waals surface area (Å²) in [5, 5.41) is 0. The first-order valence-corrected chi connectivity index (χ1v) is 4.69. The molecule has 0 aliphatic carbocycles. The molecule has 0 aromatic heterocycles. The van der Waals surface area contributed by atoms with Gasteiger partial charge in [-0.1, -0.05) is 26.7 Å². The van der Waals surface area contributed by atoms with Crippen LogP contribution in [0.1, 0.15) is 26.7 Å². The van der Waals surface area contributed by atoms with E-state index < -0.39 is 6.09 Å². The number of carbonyl (C=O) groups excluding carboxylic acids is 1. The highest BCUT2D eigenvalue weighted by molar-refractivity contribution is 14.1. The van der Waals surface area contributed by atoms with Crippen LogP contribution in [0.15, 0.2) is 0 Å². The van der Waals surface area contributed by atoms with Crippen molar-refractivity contribution in [2.75, 3.05) is 4.61 Å². The largest absolute Gasteiger partial charge is 0.439 e. The molecule has 0 bridgehead atoms. The van der Waals surface area contributed by atoms with Gasteiger partial charge in [0.15, 0.2) is 0 Å². The van der Waals surface area contributed by atoms with Crippen molar-refractivity contribution in [1.82, 2.24) is 0 Å². The van der Waals surface area contributed by atoms with Crippen LogP contribution in [-0.2, 0) is 4.74 Å². The third-order valence-corrected chi connectivity index (χ3v) is 1.01. The summed E-state index contributed by atoms with van der Waals surface area (Å²) < 4.78 is 4.49. The average molecular weight is 259 g/mol. The molecule has 0 heterocycles. The zero-order valence-electron chi connectivity index (χ0n) is 6.39. The van der Waals surface area contributed by atoms with Crippen LogP contribution in [0.4, 0.5) is 4.79 Å².